The first-order valence-electron chi connectivity index (χ1n) is 24.0. The van der Waals surface area contributed by atoms with Crippen molar-refractivity contribution in [3.63, 3.8) is 0 Å². The number of hydrogen-bond donors (Lipinski definition) is 3. The number of unbranched alkanes of at least 4 members (excludes halogenated alkanes) is 20. The van der Waals surface area contributed by atoms with Gasteiger partial charge in [-0.2, -0.15) is 16.8 Å². The highest BCUT2D eigenvalue weighted by atomic mass is 32.3. The Labute approximate surface area is 384 Å². The van der Waals surface area contributed by atoms with Crippen LogP contribution in [0.3, 0.4) is 0 Å². The maximum Gasteiger partial charge on any atom is 0.397 e. The molecule has 1 aromatic rings. The normalized spacial score (nSPS) is 19.1. The van der Waals surface area contributed by atoms with Crippen molar-refractivity contribution >= 4 is 32.7 Å². The van der Waals surface area contributed by atoms with Crippen molar-refractivity contribution in [1.29, 1.82) is 0 Å². The fourth-order valence-corrected chi connectivity index (χ4v) is 8.50. The van der Waals surface area contributed by atoms with Crippen molar-refractivity contribution in [2.75, 3.05) is 26.9 Å². The van der Waals surface area contributed by atoms with Crippen LogP contribution in [0.1, 0.15) is 187 Å². The quantitative estimate of drug-likeness (QED) is 0.0318. The van der Waals surface area contributed by atoms with Gasteiger partial charge in [-0.25, -0.2) is 8.37 Å². The van der Waals surface area contributed by atoms with Gasteiger partial charge in [-0.1, -0.05) is 155 Å². The van der Waals surface area contributed by atoms with E-state index in [0.717, 1.165) is 69.8 Å². The molecule has 0 bridgehead atoms. The van der Waals surface area contributed by atoms with Crippen molar-refractivity contribution in [3.05, 3.63) is 23.8 Å². The fourth-order valence-electron chi connectivity index (χ4n) is 7.68. The summed E-state index contributed by atoms with van der Waals surface area (Å²) < 4.78 is 105. The molecule has 1 heterocycles. The van der Waals surface area contributed by atoms with E-state index in [-0.39, 0.29) is 19.3 Å². The van der Waals surface area contributed by atoms with Crippen LogP contribution >= 0.6 is 0 Å². The number of rotatable bonds is 39. The van der Waals surface area contributed by atoms with Gasteiger partial charge in [0.25, 0.3) is 0 Å². The Morgan fingerprint density at radius 3 is 1.64 bits per heavy atom. The highest BCUT2D eigenvalue weighted by Gasteiger charge is 2.52. The summed E-state index contributed by atoms with van der Waals surface area (Å²) in [5.74, 6) is -0.156. The summed E-state index contributed by atoms with van der Waals surface area (Å²) in [4.78, 5) is 27.0. The van der Waals surface area contributed by atoms with Crippen LogP contribution in [0.5, 0.6) is 11.5 Å². The summed E-state index contributed by atoms with van der Waals surface area (Å²) in [6.45, 7) is 6.58. The van der Waals surface area contributed by atoms with E-state index in [9.17, 15) is 35.5 Å². The van der Waals surface area contributed by atoms with Crippen LogP contribution in [0, 0.1) is 0 Å². The Morgan fingerprint density at radius 2 is 1.14 bits per heavy atom. The number of amides is 1. The Kier molecular flexibility index (Phi) is 30.4. The zero-order valence-corrected chi connectivity index (χ0v) is 40.8. The third-order valence-electron chi connectivity index (χ3n) is 11.2. The fraction of sp³-hybridized carbons (Fsp3) is 0.826. The second-order valence-electron chi connectivity index (χ2n) is 16.8. The van der Waals surface area contributed by atoms with Gasteiger partial charge in [0.2, 0.25) is 5.91 Å². The van der Waals surface area contributed by atoms with E-state index in [2.05, 4.69) is 30.3 Å². The van der Waals surface area contributed by atoms with E-state index < -0.39 is 69.9 Å². The molecule has 0 aliphatic carbocycles. The number of esters is 1. The Balaban J connectivity index is 2.21. The van der Waals surface area contributed by atoms with E-state index in [1.54, 1.807) is 0 Å². The molecule has 64 heavy (non-hydrogen) atoms. The van der Waals surface area contributed by atoms with E-state index in [0.29, 0.717) is 31.1 Å². The molecule has 0 spiro atoms. The molecule has 2 rings (SSSR count). The summed E-state index contributed by atoms with van der Waals surface area (Å²) >= 11 is 0. The van der Waals surface area contributed by atoms with Gasteiger partial charge < -0.3 is 29.0 Å². The molecule has 1 saturated heterocycles. The minimum atomic E-state index is -5.30. The monoisotopic (exact) mass is 952 g/mol. The molecule has 5 atom stereocenters. The van der Waals surface area contributed by atoms with Gasteiger partial charge in [0.1, 0.15) is 18.2 Å². The number of nitrogens with one attached hydrogen (secondary N) is 1. The number of hydrogen-bond acceptors (Lipinski definition) is 13. The van der Waals surface area contributed by atoms with E-state index in [1.807, 2.05) is 18.2 Å². The van der Waals surface area contributed by atoms with Crippen LogP contribution in [-0.2, 0) is 59.4 Å². The second kappa shape index (κ2) is 33.8. The predicted molar refractivity (Wildman–Crippen MR) is 245 cm³/mol. The predicted octanol–water partition coefficient (Wildman–Crippen LogP) is 9.57. The molecule has 1 amide bonds. The van der Waals surface area contributed by atoms with Gasteiger partial charge in [-0.15, -0.1) is 0 Å². The third kappa shape index (κ3) is 26.5. The minimum absolute atomic E-state index is 0.0890. The minimum Gasteiger partial charge on any atom is -0.490 e. The van der Waals surface area contributed by atoms with Crippen molar-refractivity contribution in [2.45, 2.75) is 218 Å². The van der Waals surface area contributed by atoms with E-state index >= 15 is 0 Å². The maximum absolute atomic E-state index is 13.7. The van der Waals surface area contributed by atoms with Crippen LogP contribution in [0.15, 0.2) is 18.2 Å². The number of ether oxygens (including phenoxy) is 5. The van der Waals surface area contributed by atoms with Crippen LogP contribution in [-0.4, -0.2) is 95.4 Å². The first kappa shape index (κ1) is 57.5. The number of carbonyl (C=O) groups excluding carboxylic acids is 2. The molecule has 0 saturated carbocycles. The van der Waals surface area contributed by atoms with Crippen LogP contribution in [0.25, 0.3) is 0 Å². The molecule has 1 fully saturated rings. The van der Waals surface area contributed by atoms with Crippen LogP contribution in [0.4, 0.5) is 0 Å². The molecular formula is C46H81NO15S2. The zero-order valence-electron chi connectivity index (χ0n) is 39.1. The highest BCUT2D eigenvalue weighted by molar-refractivity contribution is 7.81. The summed E-state index contributed by atoms with van der Waals surface area (Å²) in [5.41, 5.74) is 0.727. The molecule has 1 aliphatic heterocycles. The van der Waals surface area contributed by atoms with Gasteiger partial charge in [-0.3, -0.25) is 18.7 Å². The lowest BCUT2D eigenvalue weighted by Crippen LogP contribution is -2.66. The first-order chi connectivity index (χ1) is 30.7. The summed E-state index contributed by atoms with van der Waals surface area (Å²) in [6, 6.07) is 4.07. The lowest BCUT2D eigenvalue weighted by Gasteiger charge is -2.44. The molecule has 16 nitrogen and oxygen atoms in total. The average Bonchev–Trinajstić information content (AvgIpc) is 3.24. The SMILES string of the molecule is CCCCCCCCCCCCCC(=O)N[C@H]1[C@@H](OC)O[C@H](COS(=O)(=O)O)[C@@H](OS(=O)(=O)O)[C@@H]1OC(=O)CCc1ccc(OCCCCCCCC)c(OCCCCCCCC)c1. The van der Waals surface area contributed by atoms with E-state index in [4.69, 9.17) is 27.9 Å². The van der Waals surface area contributed by atoms with Crippen molar-refractivity contribution in [2.24, 2.45) is 0 Å². The summed E-state index contributed by atoms with van der Waals surface area (Å²) in [6.07, 6.45) is 18.5. The van der Waals surface area contributed by atoms with Gasteiger partial charge >= 0.3 is 26.8 Å². The standard InChI is InChI=1S/C46H81NO15S2/c1-5-8-11-14-17-18-19-20-21-22-25-28-41(48)47-43-45(44(62-64(53,54)55)40(60-46(43)56-4)36-59-63(50,51)52)61-42(49)32-30-37-29-31-38(57-33-26-23-15-12-9-6-2)39(35-37)58-34-27-24-16-13-10-7-3/h29,31,35,40,43-46H,5-28,30,32-34,36H2,1-4H3,(H,47,48)(H,50,51,52)(H,53,54,55)/t40-,43-,44-,45-,46+/m1/s1. The number of methoxy groups -OCH3 is 1. The van der Waals surface area contributed by atoms with Crippen LogP contribution < -0.4 is 14.8 Å². The van der Waals surface area contributed by atoms with Gasteiger partial charge in [-0.05, 0) is 43.4 Å². The molecular weight excluding hydrogens is 871 g/mol. The van der Waals surface area contributed by atoms with Gasteiger partial charge in [0, 0.05) is 20.0 Å². The lowest BCUT2D eigenvalue weighted by molar-refractivity contribution is -0.261. The molecule has 3 N–H and O–H groups in total. The van der Waals surface area contributed by atoms with Crippen molar-refractivity contribution in [1.82, 2.24) is 5.32 Å². The summed E-state index contributed by atoms with van der Waals surface area (Å²) in [5, 5.41) is 2.72. The topological polar surface area (TPSA) is 220 Å². The van der Waals surface area contributed by atoms with Crippen molar-refractivity contribution < 1.29 is 67.6 Å². The lowest BCUT2D eigenvalue weighted by atomic mass is 9.96. The molecule has 0 aromatic heterocycles. The largest absolute Gasteiger partial charge is 0.490 e. The maximum atomic E-state index is 13.7. The van der Waals surface area contributed by atoms with Gasteiger partial charge in [0.05, 0.1) is 19.8 Å². The Bertz CT molecular complexity index is 1630. The highest BCUT2D eigenvalue weighted by Crippen LogP contribution is 2.32. The first-order valence-corrected chi connectivity index (χ1v) is 26.8. The van der Waals surface area contributed by atoms with Gasteiger partial charge in [0.15, 0.2) is 23.9 Å². The number of carbonyl (C=O) groups is 2. The van der Waals surface area contributed by atoms with Crippen molar-refractivity contribution in [3.8, 4) is 11.5 Å². The third-order valence-corrected chi connectivity index (χ3v) is 12.1. The molecule has 18 heteroatoms. The van der Waals surface area contributed by atoms with E-state index in [1.165, 1.54) is 84.2 Å². The Morgan fingerprint density at radius 1 is 0.641 bits per heavy atom. The summed E-state index contributed by atoms with van der Waals surface area (Å²) in [7, 11) is -9.16. The molecule has 1 aliphatic rings. The smallest absolute Gasteiger partial charge is 0.397 e. The number of aryl methyl sites for hydroxylation is 1. The average molecular weight is 952 g/mol. The van der Waals surface area contributed by atoms with Crippen LogP contribution in [0.2, 0.25) is 0 Å². The zero-order chi connectivity index (χ0) is 47.1. The molecule has 0 unspecified atom stereocenters. The second-order valence-corrected chi connectivity index (χ2v) is 19.0. The molecule has 372 valence electrons. The number of benzene rings is 1. The molecule has 0 radical (unpaired) electrons. The Hall–Kier alpha value is -2.58. The molecule has 1 aromatic carbocycles.